The number of hydrogen-bond acceptors (Lipinski definition) is 2. The standard InChI is InChI=1S/C16H22ClNO3/c17-14-9-5-4-6-12(14)10-11-15(19)18(16(20)21)13-7-2-1-3-8-13/h4-6,9,13,15,19H,1-3,7-8,10-11H2,(H,20,21). The monoisotopic (exact) mass is 311 g/mol. The van der Waals surface area contributed by atoms with Crippen molar-refractivity contribution < 1.29 is 15.0 Å². The molecule has 116 valence electrons. The fourth-order valence-electron chi connectivity index (χ4n) is 3.01. The summed E-state index contributed by atoms with van der Waals surface area (Å²) in [6.45, 7) is 0. The zero-order valence-corrected chi connectivity index (χ0v) is 12.8. The van der Waals surface area contributed by atoms with E-state index in [1.165, 1.54) is 4.90 Å². The second kappa shape index (κ2) is 7.66. The Hall–Kier alpha value is -1.26. The Labute approximate surface area is 130 Å². The first-order chi connectivity index (χ1) is 10.1. The molecule has 0 aliphatic heterocycles. The third-order valence-corrected chi connectivity index (χ3v) is 4.51. The van der Waals surface area contributed by atoms with Gasteiger partial charge < -0.3 is 10.2 Å². The normalized spacial score (nSPS) is 17.4. The SMILES string of the molecule is O=C(O)N(C(O)CCc1ccccc1Cl)C1CCCCC1. The summed E-state index contributed by atoms with van der Waals surface area (Å²) in [6.07, 6.45) is 3.83. The summed E-state index contributed by atoms with van der Waals surface area (Å²) < 4.78 is 0. The van der Waals surface area contributed by atoms with Crippen LogP contribution in [0.4, 0.5) is 4.79 Å². The molecule has 5 heteroatoms. The first-order valence-electron chi connectivity index (χ1n) is 7.52. The Morgan fingerprint density at radius 2 is 1.95 bits per heavy atom. The molecule has 0 radical (unpaired) electrons. The van der Waals surface area contributed by atoms with Gasteiger partial charge >= 0.3 is 6.09 Å². The predicted octanol–water partition coefficient (Wildman–Crippen LogP) is 3.90. The molecule has 0 saturated heterocycles. The lowest BCUT2D eigenvalue weighted by Gasteiger charge is -2.35. The van der Waals surface area contributed by atoms with Crippen molar-refractivity contribution in [2.75, 3.05) is 0 Å². The van der Waals surface area contributed by atoms with Gasteiger partial charge in [0.25, 0.3) is 0 Å². The van der Waals surface area contributed by atoms with Crippen molar-refractivity contribution in [2.24, 2.45) is 0 Å². The fourth-order valence-corrected chi connectivity index (χ4v) is 3.24. The summed E-state index contributed by atoms with van der Waals surface area (Å²) in [5.74, 6) is 0. The molecular formula is C16H22ClNO3. The summed E-state index contributed by atoms with van der Waals surface area (Å²) in [5, 5.41) is 20.3. The van der Waals surface area contributed by atoms with Gasteiger partial charge in [0.2, 0.25) is 0 Å². The summed E-state index contributed by atoms with van der Waals surface area (Å²) in [7, 11) is 0. The zero-order valence-electron chi connectivity index (χ0n) is 12.0. The van der Waals surface area contributed by atoms with Crippen LogP contribution in [0.15, 0.2) is 24.3 Å². The molecule has 1 aromatic carbocycles. The van der Waals surface area contributed by atoms with E-state index >= 15 is 0 Å². The lowest BCUT2D eigenvalue weighted by Crippen LogP contribution is -2.47. The van der Waals surface area contributed by atoms with Crippen LogP contribution in [0, 0.1) is 0 Å². The van der Waals surface area contributed by atoms with E-state index in [2.05, 4.69) is 0 Å². The molecule has 2 N–H and O–H groups in total. The van der Waals surface area contributed by atoms with Crippen LogP contribution >= 0.6 is 11.6 Å². The van der Waals surface area contributed by atoms with Crippen molar-refractivity contribution >= 4 is 17.7 Å². The lowest BCUT2D eigenvalue weighted by atomic mass is 9.94. The molecule has 1 fully saturated rings. The molecule has 21 heavy (non-hydrogen) atoms. The van der Waals surface area contributed by atoms with Crippen LogP contribution in [0.25, 0.3) is 0 Å². The Kier molecular flexibility index (Phi) is 5.88. The number of halogens is 1. The Balaban J connectivity index is 1.97. The highest BCUT2D eigenvalue weighted by Gasteiger charge is 2.30. The smallest absolute Gasteiger partial charge is 0.409 e. The molecular weight excluding hydrogens is 290 g/mol. The number of hydrogen-bond donors (Lipinski definition) is 2. The van der Waals surface area contributed by atoms with Gasteiger partial charge in [-0.15, -0.1) is 0 Å². The number of carboxylic acid groups (broad SMARTS) is 1. The molecule has 0 bridgehead atoms. The van der Waals surface area contributed by atoms with Gasteiger partial charge in [-0.3, -0.25) is 4.90 Å². The number of aliphatic hydroxyl groups excluding tert-OH is 1. The molecule has 1 unspecified atom stereocenters. The number of carbonyl (C=O) groups is 1. The van der Waals surface area contributed by atoms with Gasteiger partial charge in [-0.1, -0.05) is 49.1 Å². The van der Waals surface area contributed by atoms with E-state index < -0.39 is 12.3 Å². The van der Waals surface area contributed by atoms with Gasteiger partial charge in [0.1, 0.15) is 6.23 Å². The van der Waals surface area contributed by atoms with Crippen LogP contribution in [-0.2, 0) is 6.42 Å². The van der Waals surface area contributed by atoms with Gasteiger partial charge in [0.15, 0.2) is 0 Å². The largest absolute Gasteiger partial charge is 0.465 e. The summed E-state index contributed by atoms with van der Waals surface area (Å²) >= 11 is 6.09. The molecule has 2 rings (SSSR count). The van der Waals surface area contributed by atoms with E-state index in [0.29, 0.717) is 17.9 Å². The van der Waals surface area contributed by atoms with Crippen LogP contribution < -0.4 is 0 Å². The Morgan fingerprint density at radius 3 is 2.57 bits per heavy atom. The highest BCUT2D eigenvalue weighted by Crippen LogP contribution is 2.25. The van der Waals surface area contributed by atoms with Crippen LogP contribution in [0.5, 0.6) is 0 Å². The van der Waals surface area contributed by atoms with Crippen molar-refractivity contribution in [3.05, 3.63) is 34.9 Å². The molecule has 4 nitrogen and oxygen atoms in total. The highest BCUT2D eigenvalue weighted by molar-refractivity contribution is 6.31. The van der Waals surface area contributed by atoms with Gasteiger partial charge in [-0.05, 0) is 37.3 Å². The second-order valence-corrected chi connectivity index (χ2v) is 6.00. The Morgan fingerprint density at radius 1 is 1.29 bits per heavy atom. The molecule has 1 aromatic rings. The first kappa shape index (κ1) is 16.1. The summed E-state index contributed by atoms with van der Waals surface area (Å²) in [4.78, 5) is 12.7. The molecule has 1 aliphatic carbocycles. The first-order valence-corrected chi connectivity index (χ1v) is 7.90. The van der Waals surface area contributed by atoms with E-state index in [9.17, 15) is 15.0 Å². The maximum Gasteiger partial charge on any atom is 0.409 e. The number of aryl methyl sites for hydroxylation is 1. The number of nitrogens with zero attached hydrogens (tertiary/aromatic N) is 1. The number of benzene rings is 1. The molecule has 1 atom stereocenters. The third-order valence-electron chi connectivity index (χ3n) is 4.14. The van der Waals surface area contributed by atoms with E-state index in [1.54, 1.807) is 6.07 Å². The lowest BCUT2D eigenvalue weighted by molar-refractivity contribution is -0.0243. The maximum absolute atomic E-state index is 11.5. The minimum atomic E-state index is -1.03. The van der Waals surface area contributed by atoms with Gasteiger partial charge in [0.05, 0.1) is 0 Å². The van der Waals surface area contributed by atoms with E-state index in [1.807, 2.05) is 18.2 Å². The van der Waals surface area contributed by atoms with Crippen molar-refractivity contribution in [2.45, 2.75) is 57.2 Å². The molecule has 1 saturated carbocycles. The average molecular weight is 312 g/mol. The molecule has 0 spiro atoms. The van der Waals surface area contributed by atoms with Crippen molar-refractivity contribution in [3.63, 3.8) is 0 Å². The third kappa shape index (κ3) is 4.35. The minimum absolute atomic E-state index is 0.0579. The van der Waals surface area contributed by atoms with Gasteiger partial charge in [0, 0.05) is 11.1 Å². The average Bonchev–Trinajstić information content (AvgIpc) is 2.47. The molecule has 1 aliphatic rings. The van der Waals surface area contributed by atoms with E-state index in [-0.39, 0.29) is 6.04 Å². The van der Waals surface area contributed by atoms with E-state index in [0.717, 1.165) is 37.7 Å². The van der Waals surface area contributed by atoms with Crippen molar-refractivity contribution in [1.82, 2.24) is 4.90 Å². The summed E-state index contributed by atoms with van der Waals surface area (Å²) in [6, 6.07) is 7.40. The number of amides is 1. The van der Waals surface area contributed by atoms with Crippen LogP contribution in [0.1, 0.15) is 44.1 Å². The van der Waals surface area contributed by atoms with Gasteiger partial charge in [-0.25, -0.2) is 4.79 Å². The predicted molar refractivity (Wildman–Crippen MR) is 82.5 cm³/mol. The van der Waals surface area contributed by atoms with Crippen LogP contribution in [0.2, 0.25) is 5.02 Å². The zero-order chi connectivity index (χ0) is 15.2. The molecule has 1 amide bonds. The van der Waals surface area contributed by atoms with E-state index in [4.69, 9.17) is 11.6 Å². The van der Waals surface area contributed by atoms with Crippen molar-refractivity contribution in [3.8, 4) is 0 Å². The Bertz CT molecular complexity index is 474. The van der Waals surface area contributed by atoms with Crippen LogP contribution in [-0.4, -0.2) is 33.5 Å². The number of rotatable bonds is 5. The van der Waals surface area contributed by atoms with Crippen molar-refractivity contribution in [1.29, 1.82) is 0 Å². The maximum atomic E-state index is 11.5. The molecule has 0 heterocycles. The van der Waals surface area contributed by atoms with Crippen LogP contribution in [0.3, 0.4) is 0 Å². The minimum Gasteiger partial charge on any atom is -0.465 e. The fraction of sp³-hybridized carbons (Fsp3) is 0.562. The number of aliphatic hydroxyl groups is 1. The summed E-state index contributed by atoms with van der Waals surface area (Å²) in [5.41, 5.74) is 0.937. The second-order valence-electron chi connectivity index (χ2n) is 5.59. The topological polar surface area (TPSA) is 60.8 Å². The quantitative estimate of drug-likeness (QED) is 0.811. The highest BCUT2D eigenvalue weighted by atomic mass is 35.5. The molecule has 0 aromatic heterocycles. The van der Waals surface area contributed by atoms with Gasteiger partial charge in [-0.2, -0.15) is 0 Å².